The Balaban J connectivity index is 2.49. The van der Waals surface area contributed by atoms with E-state index in [1.54, 1.807) is 12.1 Å². The summed E-state index contributed by atoms with van der Waals surface area (Å²) in [7, 11) is 0. The average Bonchev–Trinajstić information content (AvgIpc) is 2.31. The first-order valence-electron chi connectivity index (χ1n) is 5.83. The zero-order chi connectivity index (χ0) is 14.0. The molecular formula is C13H16FN3OS. The lowest BCUT2D eigenvalue weighted by molar-refractivity contribution is 0.341. The Bertz CT molecular complexity index is 559. The molecule has 1 aliphatic rings. The molecule has 0 fully saturated rings. The number of anilines is 1. The predicted octanol–water partition coefficient (Wildman–Crippen LogP) is 1.95. The summed E-state index contributed by atoms with van der Waals surface area (Å²) in [6.45, 7) is 1.73. The van der Waals surface area contributed by atoms with Crippen LogP contribution < -0.4 is 11.5 Å². The standard InChI is InChI=1S/C13H16FN3OS/c1-13(10-6-8(15)2-3-11(10)14)7-9(4-5-18)19-12(16)17-13/h2-4,6,18H,5,7,15H2,1H3,(H2,16,17)/t13-/m0/s1. The number of hydrogen-bond donors (Lipinski definition) is 3. The third-order valence-electron chi connectivity index (χ3n) is 3.00. The summed E-state index contributed by atoms with van der Waals surface area (Å²) >= 11 is 1.29. The maximum absolute atomic E-state index is 14.0. The van der Waals surface area contributed by atoms with Crippen LogP contribution in [0.2, 0.25) is 0 Å². The van der Waals surface area contributed by atoms with Crippen LogP contribution in [0.15, 0.2) is 34.2 Å². The second-order valence-electron chi connectivity index (χ2n) is 4.60. The summed E-state index contributed by atoms with van der Waals surface area (Å²) in [5, 5.41) is 9.34. The van der Waals surface area contributed by atoms with Crippen molar-refractivity contribution in [3.63, 3.8) is 0 Å². The van der Waals surface area contributed by atoms with E-state index >= 15 is 0 Å². The molecule has 0 unspecified atom stereocenters. The van der Waals surface area contributed by atoms with Crippen molar-refractivity contribution in [3.05, 3.63) is 40.6 Å². The predicted molar refractivity (Wildman–Crippen MR) is 77.2 cm³/mol. The maximum atomic E-state index is 14.0. The summed E-state index contributed by atoms with van der Waals surface area (Å²) in [5.41, 5.74) is 11.6. The lowest BCUT2D eigenvalue weighted by Gasteiger charge is -2.31. The van der Waals surface area contributed by atoms with Gasteiger partial charge in [0.15, 0.2) is 5.17 Å². The van der Waals surface area contributed by atoms with Crippen LogP contribution in [0.1, 0.15) is 18.9 Å². The third-order valence-corrected chi connectivity index (χ3v) is 3.87. The van der Waals surface area contributed by atoms with Gasteiger partial charge in [0.05, 0.1) is 12.1 Å². The largest absolute Gasteiger partial charge is 0.399 e. The van der Waals surface area contributed by atoms with Crippen LogP contribution >= 0.6 is 11.8 Å². The Morgan fingerprint density at radius 3 is 2.95 bits per heavy atom. The fraction of sp³-hybridized carbons (Fsp3) is 0.308. The highest BCUT2D eigenvalue weighted by molar-refractivity contribution is 8.17. The van der Waals surface area contributed by atoms with E-state index < -0.39 is 5.54 Å². The van der Waals surface area contributed by atoms with Gasteiger partial charge >= 0.3 is 0 Å². The highest BCUT2D eigenvalue weighted by atomic mass is 32.2. The minimum atomic E-state index is -0.796. The molecular weight excluding hydrogens is 265 g/mol. The van der Waals surface area contributed by atoms with Crippen molar-refractivity contribution in [3.8, 4) is 0 Å². The van der Waals surface area contributed by atoms with Gasteiger partial charge in [-0.15, -0.1) is 0 Å². The number of hydrogen-bond acceptors (Lipinski definition) is 5. The number of aliphatic hydroxyl groups is 1. The summed E-state index contributed by atoms with van der Waals surface area (Å²) in [5.74, 6) is -0.358. The molecule has 19 heavy (non-hydrogen) atoms. The zero-order valence-electron chi connectivity index (χ0n) is 10.6. The van der Waals surface area contributed by atoms with E-state index in [0.717, 1.165) is 4.91 Å². The van der Waals surface area contributed by atoms with Crippen LogP contribution in [0.5, 0.6) is 0 Å². The van der Waals surface area contributed by atoms with Crippen LogP contribution in [-0.4, -0.2) is 16.9 Å². The average molecular weight is 281 g/mol. The van der Waals surface area contributed by atoms with Crippen molar-refractivity contribution < 1.29 is 9.50 Å². The third kappa shape index (κ3) is 2.90. The van der Waals surface area contributed by atoms with Gasteiger partial charge in [0.1, 0.15) is 5.82 Å². The number of nitrogens with zero attached hydrogens (tertiary/aromatic N) is 1. The Labute approximate surface area is 115 Å². The van der Waals surface area contributed by atoms with E-state index in [-0.39, 0.29) is 12.4 Å². The quantitative estimate of drug-likeness (QED) is 0.723. The smallest absolute Gasteiger partial charge is 0.159 e. The maximum Gasteiger partial charge on any atom is 0.159 e. The molecule has 0 amide bonds. The molecule has 6 heteroatoms. The molecule has 0 saturated heterocycles. The minimum absolute atomic E-state index is 0.0783. The van der Waals surface area contributed by atoms with E-state index in [4.69, 9.17) is 16.6 Å². The molecule has 1 aliphatic heterocycles. The first kappa shape index (κ1) is 13.9. The van der Waals surface area contributed by atoms with Gasteiger partial charge in [-0.05, 0) is 36.1 Å². The second-order valence-corrected chi connectivity index (χ2v) is 5.74. The fourth-order valence-corrected chi connectivity index (χ4v) is 3.17. The molecule has 0 aromatic heterocycles. The van der Waals surface area contributed by atoms with E-state index in [1.807, 2.05) is 6.92 Å². The van der Waals surface area contributed by atoms with Crippen LogP contribution in [0.3, 0.4) is 0 Å². The van der Waals surface area contributed by atoms with Crippen molar-refractivity contribution in [2.75, 3.05) is 12.3 Å². The van der Waals surface area contributed by atoms with E-state index in [0.29, 0.717) is 22.8 Å². The summed E-state index contributed by atoms with van der Waals surface area (Å²) in [6.07, 6.45) is 2.15. The van der Waals surface area contributed by atoms with Crippen LogP contribution in [0.25, 0.3) is 0 Å². The van der Waals surface area contributed by atoms with Gasteiger partial charge in [0.25, 0.3) is 0 Å². The number of amidine groups is 1. The number of aliphatic imine (C=N–C) groups is 1. The molecule has 0 bridgehead atoms. The SMILES string of the molecule is C[C@@]1(c2cc(N)ccc2F)CC(=CCO)SC(N)=N1. The van der Waals surface area contributed by atoms with Gasteiger partial charge in [-0.1, -0.05) is 11.8 Å². The molecule has 1 aromatic carbocycles. The van der Waals surface area contributed by atoms with Gasteiger partial charge in [0, 0.05) is 17.7 Å². The second kappa shape index (κ2) is 5.22. The lowest BCUT2D eigenvalue weighted by Crippen LogP contribution is -2.29. The van der Waals surface area contributed by atoms with E-state index in [1.165, 1.54) is 23.9 Å². The normalized spacial score (nSPS) is 25.4. The first-order chi connectivity index (χ1) is 8.94. The summed E-state index contributed by atoms with van der Waals surface area (Å²) < 4.78 is 14.0. The molecule has 2 rings (SSSR count). The minimum Gasteiger partial charge on any atom is -0.399 e. The highest BCUT2D eigenvalue weighted by Gasteiger charge is 2.34. The first-order valence-corrected chi connectivity index (χ1v) is 6.65. The monoisotopic (exact) mass is 281 g/mol. The van der Waals surface area contributed by atoms with E-state index in [2.05, 4.69) is 4.99 Å². The summed E-state index contributed by atoms with van der Waals surface area (Å²) in [6, 6.07) is 4.43. The topological polar surface area (TPSA) is 84.6 Å². The number of nitrogens with two attached hydrogens (primary N) is 2. The molecule has 1 aromatic rings. The van der Waals surface area contributed by atoms with Crippen molar-refractivity contribution in [1.82, 2.24) is 0 Å². The van der Waals surface area contributed by atoms with Gasteiger partial charge in [-0.25, -0.2) is 4.39 Å². The van der Waals surface area contributed by atoms with Crippen LogP contribution in [0.4, 0.5) is 10.1 Å². The number of aliphatic hydroxyl groups excluding tert-OH is 1. The fourth-order valence-electron chi connectivity index (χ4n) is 2.14. The number of thioether (sulfide) groups is 1. The van der Waals surface area contributed by atoms with E-state index in [9.17, 15) is 4.39 Å². The van der Waals surface area contributed by atoms with Crippen molar-refractivity contribution in [1.29, 1.82) is 0 Å². The Hall–Kier alpha value is -1.53. The lowest BCUT2D eigenvalue weighted by atomic mass is 9.88. The number of nitrogen functional groups attached to an aromatic ring is 1. The molecule has 4 nitrogen and oxygen atoms in total. The number of halogens is 1. The summed E-state index contributed by atoms with van der Waals surface area (Å²) in [4.78, 5) is 5.23. The molecule has 0 saturated carbocycles. The number of benzene rings is 1. The molecule has 0 aliphatic carbocycles. The molecule has 0 radical (unpaired) electrons. The number of rotatable bonds is 2. The van der Waals surface area contributed by atoms with Gasteiger partial charge in [-0.3, -0.25) is 4.99 Å². The molecule has 0 spiro atoms. The van der Waals surface area contributed by atoms with Gasteiger partial charge < -0.3 is 16.6 Å². The molecule has 1 atom stereocenters. The van der Waals surface area contributed by atoms with Crippen molar-refractivity contribution in [2.45, 2.75) is 18.9 Å². The Morgan fingerprint density at radius 2 is 2.26 bits per heavy atom. The van der Waals surface area contributed by atoms with Crippen molar-refractivity contribution in [2.24, 2.45) is 10.7 Å². The van der Waals surface area contributed by atoms with Crippen molar-refractivity contribution >= 4 is 22.6 Å². The highest BCUT2D eigenvalue weighted by Crippen LogP contribution is 2.42. The van der Waals surface area contributed by atoms with Gasteiger partial charge in [-0.2, -0.15) is 0 Å². The molecule has 1 heterocycles. The Morgan fingerprint density at radius 1 is 1.53 bits per heavy atom. The Kier molecular flexibility index (Phi) is 3.82. The van der Waals surface area contributed by atoms with Crippen LogP contribution in [0, 0.1) is 5.82 Å². The van der Waals surface area contributed by atoms with Crippen LogP contribution in [-0.2, 0) is 5.54 Å². The molecule has 102 valence electrons. The zero-order valence-corrected chi connectivity index (χ0v) is 11.4. The molecule has 5 N–H and O–H groups in total. The van der Waals surface area contributed by atoms with Gasteiger partial charge in [0.2, 0.25) is 0 Å².